The predicted octanol–water partition coefficient (Wildman–Crippen LogP) is 4.77. The minimum absolute atomic E-state index is 0.595. The maximum absolute atomic E-state index is 10.5. The molecule has 0 aliphatic heterocycles. The molecule has 0 radical (unpaired) electrons. The van der Waals surface area contributed by atoms with E-state index in [2.05, 4.69) is 19.1 Å². The molecule has 2 aromatic carbocycles. The normalized spacial score (nSPS) is 12.2. The molecule has 2 rings (SSSR count). The number of aliphatic hydroxyl groups excluding tert-OH is 1. The average molecular weight is 305 g/mol. The Morgan fingerprint density at radius 2 is 1.86 bits per heavy atom. The van der Waals surface area contributed by atoms with Crippen molar-refractivity contribution >= 4 is 11.6 Å². The molecule has 0 saturated carbocycles. The van der Waals surface area contributed by atoms with E-state index in [1.807, 2.05) is 12.1 Å². The van der Waals surface area contributed by atoms with Gasteiger partial charge in [-0.2, -0.15) is 0 Å². The van der Waals surface area contributed by atoms with Gasteiger partial charge in [0.1, 0.15) is 11.9 Å². The summed E-state index contributed by atoms with van der Waals surface area (Å²) in [5.74, 6) is 0.602. The highest BCUT2D eigenvalue weighted by atomic mass is 35.5. The Kier molecular flexibility index (Phi) is 5.66. The summed E-state index contributed by atoms with van der Waals surface area (Å²) < 4.78 is 5.30. The van der Waals surface area contributed by atoms with Gasteiger partial charge in [-0.3, -0.25) is 0 Å². The molecule has 0 aliphatic rings. The second kappa shape index (κ2) is 7.48. The Bertz CT molecular complexity index is 578. The molecule has 3 heteroatoms. The molecule has 2 aromatic rings. The topological polar surface area (TPSA) is 29.5 Å². The number of rotatable bonds is 6. The molecular weight excluding hydrogens is 284 g/mol. The maximum Gasteiger partial charge on any atom is 0.126 e. The Labute approximate surface area is 131 Å². The van der Waals surface area contributed by atoms with Gasteiger partial charge in [0.05, 0.1) is 7.11 Å². The number of benzene rings is 2. The summed E-state index contributed by atoms with van der Waals surface area (Å²) in [6.45, 7) is 2.19. The molecule has 0 heterocycles. The van der Waals surface area contributed by atoms with Crippen molar-refractivity contribution in [3.8, 4) is 5.75 Å². The fraction of sp³-hybridized carbons (Fsp3) is 0.333. The van der Waals surface area contributed by atoms with E-state index < -0.39 is 6.10 Å². The number of halogens is 1. The van der Waals surface area contributed by atoms with Crippen LogP contribution in [0.3, 0.4) is 0 Å². The summed E-state index contributed by atoms with van der Waals surface area (Å²) in [4.78, 5) is 0. The molecule has 1 unspecified atom stereocenters. The van der Waals surface area contributed by atoms with Crippen LogP contribution < -0.4 is 4.74 Å². The maximum atomic E-state index is 10.5. The smallest absolute Gasteiger partial charge is 0.126 e. The Balaban J connectivity index is 2.21. The highest BCUT2D eigenvalue weighted by molar-refractivity contribution is 6.30. The van der Waals surface area contributed by atoms with Gasteiger partial charge in [-0.1, -0.05) is 55.3 Å². The monoisotopic (exact) mass is 304 g/mol. The third kappa shape index (κ3) is 3.99. The van der Waals surface area contributed by atoms with Crippen LogP contribution in [0.5, 0.6) is 5.75 Å². The van der Waals surface area contributed by atoms with Crippen molar-refractivity contribution in [2.24, 2.45) is 0 Å². The van der Waals surface area contributed by atoms with Crippen molar-refractivity contribution in [1.29, 1.82) is 0 Å². The quantitative estimate of drug-likeness (QED) is 0.832. The van der Waals surface area contributed by atoms with Crippen LogP contribution in [0.25, 0.3) is 0 Å². The summed E-state index contributed by atoms with van der Waals surface area (Å²) >= 11 is 5.95. The first-order valence-electron chi connectivity index (χ1n) is 7.26. The van der Waals surface area contributed by atoms with Gasteiger partial charge in [0.25, 0.3) is 0 Å². The molecule has 2 nitrogen and oxygen atoms in total. The molecule has 21 heavy (non-hydrogen) atoms. The summed E-state index contributed by atoms with van der Waals surface area (Å²) in [6, 6.07) is 13.4. The van der Waals surface area contributed by atoms with E-state index in [1.165, 1.54) is 18.4 Å². The molecule has 0 amide bonds. The predicted molar refractivity (Wildman–Crippen MR) is 87.1 cm³/mol. The number of methoxy groups -OCH3 is 1. The van der Waals surface area contributed by atoms with Crippen molar-refractivity contribution in [2.75, 3.05) is 7.11 Å². The number of hydrogen-bond donors (Lipinski definition) is 1. The van der Waals surface area contributed by atoms with E-state index in [1.54, 1.807) is 25.3 Å². The first kappa shape index (κ1) is 15.9. The number of aliphatic hydroxyl groups is 1. The van der Waals surface area contributed by atoms with Crippen LogP contribution in [-0.2, 0) is 6.42 Å². The minimum atomic E-state index is -0.711. The standard InChI is InChI=1S/C18H21ClO2/c1-3-4-5-13-6-8-14(9-7-13)18(20)16-11-10-15(19)12-17(16)21-2/h6-12,18,20H,3-5H2,1-2H3. The van der Waals surface area contributed by atoms with E-state index in [0.717, 1.165) is 17.5 Å². The van der Waals surface area contributed by atoms with E-state index in [4.69, 9.17) is 16.3 Å². The van der Waals surface area contributed by atoms with Crippen LogP contribution in [0.1, 0.15) is 42.6 Å². The molecule has 0 aromatic heterocycles. The van der Waals surface area contributed by atoms with Crippen LogP contribution in [0.4, 0.5) is 0 Å². The molecule has 0 aliphatic carbocycles. The first-order valence-corrected chi connectivity index (χ1v) is 7.63. The van der Waals surface area contributed by atoms with Crippen LogP contribution in [0, 0.1) is 0 Å². The summed E-state index contributed by atoms with van der Waals surface area (Å²) in [5.41, 5.74) is 2.88. The third-order valence-corrected chi connectivity index (χ3v) is 3.84. The van der Waals surface area contributed by atoms with Gasteiger partial charge in [0.2, 0.25) is 0 Å². The van der Waals surface area contributed by atoms with Crippen LogP contribution in [0.15, 0.2) is 42.5 Å². The molecular formula is C18H21ClO2. The van der Waals surface area contributed by atoms with E-state index in [0.29, 0.717) is 10.8 Å². The lowest BCUT2D eigenvalue weighted by molar-refractivity contribution is 0.214. The van der Waals surface area contributed by atoms with Gasteiger partial charge in [0.15, 0.2) is 0 Å². The summed E-state index contributed by atoms with van der Waals surface area (Å²) in [6.07, 6.45) is 2.74. The molecule has 1 N–H and O–H groups in total. The number of hydrogen-bond acceptors (Lipinski definition) is 2. The Morgan fingerprint density at radius 1 is 1.14 bits per heavy atom. The van der Waals surface area contributed by atoms with E-state index >= 15 is 0 Å². The molecule has 0 bridgehead atoms. The molecule has 112 valence electrons. The lowest BCUT2D eigenvalue weighted by Gasteiger charge is -2.16. The lowest BCUT2D eigenvalue weighted by atomic mass is 9.98. The van der Waals surface area contributed by atoms with Crippen LogP contribution in [-0.4, -0.2) is 12.2 Å². The minimum Gasteiger partial charge on any atom is -0.496 e. The highest BCUT2D eigenvalue weighted by Gasteiger charge is 2.15. The van der Waals surface area contributed by atoms with Crippen LogP contribution in [0.2, 0.25) is 5.02 Å². The number of aryl methyl sites for hydroxylation is 1. The van der Waals surface area contributed by atoms with Crippen LogP contribution >= 0.6 is 11.6 Å². The second-order valence-corrected chi connectivity index (χ2v) is 5.57. The van der Waals surface area contributed by atoms with Gasteiger partial charge in [-0.15, -0.1) is 0 Å². The van der Waals surface area contributed by atoms with Crippen molar-refractivity contribution in [3.05, 3.63) is 64.2 Å². The van der Waals surface area contributed by atoms with Crippen molar-refractivity contribution in [1.82, 2.24) is 0 Å². The van der Waals surface area contributed by atoms with E-state index in [9.17, 15) is 5.11 Å². The second-order valence-electron chi connectivity index (χ2n) is 5.13. The van der Waals surface area contributed by atoms with Gasteiger partial charge in [-0.25, -0.2) is 0 Å². The first-order chi connectivity index (χ1) is 10.2. The summed E-state index contributed by atoms with van der Waals surface area (Å²) in [5, 5.41) is 11.1. The summed E-state index contributed by atoms with van der Waals surface area (Å²) in [7, 11) is 1.58. The highest BCUT2D eigenvalue weighted by Crippen LogP contribution is 2.32. The molecule has 0 fully saturated rings. The molecule has 0 spiro atoms. The zero-order valence-electron chi connectivity index (χ0n) is 12.5. The zero-order chi connectivity index (χ0) is 15.2. The van der Waals surface area contributed by atoms with Gasteiger partial charge in [-0.05, 0) is 36.1 Å². The van der Waals surface area contributed by atoms with Crippen molar-refractivity contribution in [3.63, 3.8) is 0 Å². The van der Waals surface area contributed by atoms with Gasteiger partial charge in [0, 0.05) is 10.6 Å². The lowest BCUT2D eigenvalue weighted by Crippen LogP contribution is -2.02. The van der Waals surface area contributed by atoms with Gasteiger partial charge < -0.3 is 9.84 Å². The average Bonchev–Trinajstić information content (AvgIpc) is 2.52. The fourth-order valence-electron chi connectivity index (χ4n) is 2.34. The zero-order valence-corrected chi connectivity index (χ0v) is 13.2. The largest absolute Gasteiger partial charge is 0.496 e. The number of ether oxygens (including phenoxy) is 1. The van der Waals surface area contributed by atoms with E-state index in [-0.39, 0.29) is 0 Å². The number of unbranched alkanes of at least 4 members (excludes halogenated alkanes) is 1. The molecule has 1 atom stereocenters. The van der Waals surface area contributed by atoms with Crippen molar-refractivity contribution < 1.29 is 9.84 Å². The Morgan fingerprint density at radius 3 is 2.48 bits per heavy atom. The third-order valence-electron chi connectivity index (χ3n) is 3.60. The fourth-order valence-corrected chi connectivity index (χ4v) is 2.50. The van der Waals surface area contributed by atoms with Gasteiger partial charge >= 0.3 is 0 Å². The van der Waals surface area contributed by atoms with Crippen molar-refractivity contribution in [2.45, 2.75) is 32.3 Å². The molecule has 0 saturated heterocycles. The SMILES string of the molecule is CCCCc1ccc(C(O)c2ccc(Cl)cc2OC)cc1. The Hall–Kier alpha value is -1.51.